The van der Waals surface area contributed by atoms with Gasteiger partial charge in [-0.1, -0.05) is 32.0 Å². The standard InChI is InChI=1S/C12H18NO/c1-8-6-9(2)11(12(3,4)5)10(7-8)13-14/h6-7,13H,1-5H3. The number of hydrogen-bond acceptors (Lipinski definition) is 1. The van der Waals surface area contributed by atoms with Crippen molar-refractivity contribution in [1.29, 1.82) is 0 Å². The van der Waals surface area contributed by atoms with E-state index in [4.69, 9.17) is 0 Å². The average molecular weight is 192 g/mol. The molecule has 0 aliphatic heterocycles. The van der Waals surface area contributed by atoms with Crippen molar-refractivity contribution in [2.45, 2.75) is 40.0 Å². The van der Waals surface area contributed by atoms with Crippen molar-refractivity contribution in [2.24, 2.45) is 0 Å². The first-order valence-electron chi connectivity index (χ1n) is 4.86. The van der Waals surface area contributed by atoms with Crippen LogP contribution >= 0.6 is 0 Å². The molecule has 0 amide bonds. The Balaban J connectivity index is 3.40. The fourth-order valence-electron chi connectivity index (χ4n) is 2.04. The summed E-state index contributed by atoms with van der Waals surface area (Å²) in [5.74, 6) is 0. The third kappa shape index (κ3) is 2.07. The largest absolute Gasteiger partial charge is 0.233 e. The predicted octanol–water partition coefficient (Wildman–Crippen LogP) is 3.36. The fraction of sp³-hybridized carbons (Fsp3) is 0.500. The van der Waals surface area contributed by atoms with Gasteiger partial charge in [0.05, 0.1) is 5.69 Å². The summed E-state index contributed by atoms with van der Waals surface area (Å²) in [5, 5.41) is 10.9. The zero-order chi connectivity index (χ0) is 10.9. The number of anilines is 1. The maximum atomic E-state index is 10.9. The van der Waals surface area contributed by atoms with E-state index < -0.39 is 0 Å². The molecule has 1 aromatic rings. The molecule has 1 rings (SSSR count). The Hall–Kier alpha value is -1.02. The monoisotopic (exact) mass is 192 g/mol. The summed E-state index contributed by atoms with van der Waals surface area (Å²) in [6.07, 6.45) is 0. The minimum absolute atomic E-state index is 0.00449. The Morgan fingerprint density at radius 2 is 1.71 bits per heavy atom. The quantitative estimate of drug-likeness (QED) is 0.680. The highest BCUT2D eigenvalue weighted by atomic mass is 16.5. The second-order valence-electron chi connectivity index (χ2n) is 4.86. The second-order valence-corrected chi connectivity index (χ2v) is 4.86. The van der Waals surface area contributed by atoms with Gasteiger partial charge in [-0.3, -0.25) is 0 Å². The van der Waals surface area contributed by atoms with Crippen LogP contribution in [-0.2, 0) is 10.6 Å². The Bertz CT molecular complexity index is 337. The molecule has 0 aromatic heterocycles. The van der Waals surface area contributed by atoms with Gasteiger partial charge in [0.1, 0.15) is 0 Å². The molecule has 2 heteroatoms. The molecule has 0 aliphatic rings. The van der Waals surface area contributed by atoms with Crippen LogP contribution < -0.4 is 5.48 Å². The van der Waals surface area contributed by atoms with E-state index in [1.807, 2.05) is 18.5 Å². The van der Waals surface area contributed by atoms with Crippen LogP contribution in [-0.4, -0.2) is 0 Å². The SMILES string of the molecule is Cc1cc(C)c(C(C)(C)C)c(N[O])c1. The van der Waals surface area contributed by atoms with Crippen LogP contribution in [0.5, 0.6) is 0 Å². The van der Waals surface area contributed by atoms with Crippen molar-refractivity contribution < 1.29 is 5.21 Å². The van der Waals surface area contributed by atoms with Crippen molar-refractivity contribution in [1.82, 2.24) is 0 Å². The van der Waals surface area contributed by atoms with Gasteiger partial charge in [0, 0.05) is 0 Å². The van der Waals surface area contributed by atoms with E-state index in [2.05, 4.69) is 33.8 Å². The third-order valence-electron chi connectivity index (χ3n) is 2.34. The summed E-state index contributed by atoms with van der Waals surface area (Å²) in [6.45, 7) is 10.4. The number of rotatable bonds is 1. The molecule has 0 atom stereocenters. The van der Waals surface area contributed by atoms with Crippen molar-refractivity contribution in [3.8, 4) is 0 Å². The van der Waals surface area contributed by atoms with Crippen molar-refractivity contribution in [3.05, 3.63) is 28.8 Å². The molecule has 2 nitrogen and oxygen atoms in total. The van der Waals surface area contributed by atoms with Gasteiger partial charge in [-0.15, -0.1) is 0 Å². The topological polar surface area (TPSA) is 31.9 Å². The Morgan fingerprint density at radius 3 is 2.14 bits per heavy atom. The molecule has 0 heterocycles. The molecular formula is C12H18NO. The lowest BCUT2D eigenvalue weighted by Crippen LogP contribution is -2.15. The molecule has 0 unspecified atom stereocenters. The zero-order valence-electron chi connectivity index (χ0n) is 9.56. The summed E-state index contributed by atoms with van der Waals surface area (Å²) >= 11 is 0. The number of nitrogens with one attached hydrogen (secondary N) is 1. The van der Waals surface area contributed by atoms with Crippen LogP contribution in [0.1, 0.15) is 37.5 Å². The van der Waals surface area contributed by atoms with Crippen LogP contribution in [0.15, 0.2) is 12.1 Å². The molecule has 0 bridgehead atoms. The van der Waals surface area contributed by atoms with Crippen molar-refractivity contribution in [3.63, 3.8) is 0 Å². The molecule has 0 fully saturated rings. The predicted molar refractivity (Wildman–Crippen MR) is 58.9 cm³/mol. The van der Waals surface area contributed by atoms with Gasteiger partial charge in [0.15, 0.2) is 0 Å². The molecule has 0 saturated heterocycles. The fourth-order valence-corrected chi connectivity index (χ4v) is 2.04. The van der Waals surface area contributed by atoms with Crippen molar-refractivity contribution >= 4 is 5.69 Å². The van der Waals surface area contributed by atoms with Gasteiger partial charge in [0.25, 0.3) is 0 Å². The van der Waals surface area contributed by atoms with Crippen LogP contribution in [0.3, 0.4) is 0 Å². The first-order chi connectivity index (χ1) is 6.36. The van der Waals surface area contributed by atoms with E-state index in [-0.39, 0.29) is 5.41 Å². The Labute approximate surface area is 85.9 Å². The highest BCUT2D eigenvalue weighted by Gasteiger charge is 2.20. The first-order valence-corrected chi connectivity index (χ1v) is 4.86. The number of benzene rings is 1. The smallest absolute Gasteiger partial charge is 0.0678 e. The Kier molecular flexibility index (Phi) is 2.86. The normalized spacial score (nSPS) is 11.6. The van der Waals surface area contributed by atoms with Crippen LogP contribution in [0.2, 0.25) is 0 Å². The van der Waals surface area contributed by atoms with E-state index in [9.17, 15) is 5.21 Å². The van der Waals surface area contributed by atoms with Crippen LogP contribution in [0.25, 0.3) is 0 Å². The van der Waals surface area contributed by atoms with E-state index in [0.29, 0.717) is 5.69 Å². The molecule has 77 valence electrons. The van der Waals surface area contributed by atoms with Gasteiger partial charge in [-0.25, -0.2) is 5.48 Å². The molecular weight excluding hydrogens is 174 g/mol. The molecule has 14 heavy (non-hydrogen) atoms. The summed E-state index contributed by atoms with van der Waals surface area (Å²) < 4.78 is 0. The van der Waals surface area contributed by atoms with Gasteiger partial charge >= 0.3 is 0 Å². The van der Waals surface area contributed by atoms with Gasteiger partial charge in [0.2, 0.25) is 0 Å². The molecule has 0 aliphatic carbocycles. The zero-order valence-corrected chi connectivity index (χ0v) is 9.56. The van der Waals surface area contributed by atoms with Gasteiger partial charge in [-0.2, -0.15) is 0 Å². The summed E-state index contributed by atoms with van der Waals surface area (Å²) in [6, 6.07) is 4.02. The minimum Gasteiger partial charge on any atom is -0.233 e. The van der Waals surface area contributed by atoms with E-state index in [1.165, 1.54) is 5.56 Å². The highest BCUT2D eigenvalue weighted by Crippen LogP contribution is 2.33. The molecule has 0 saturated carbocycles. The molecule has 1 N–H and O–H groups in total. The lowest BCUT2D eigenvalue weighted by Gasteiger charge is -2.24. The van der Waals surface area contributed by atoms with Crippen LogP contribution in [0.4, 0.5) is 5.69 Å². The highest BCUT2D eigenvalue weighted by molar-refractivity contribution is 5.58. The Morgan fingerprint density at radius 1 is 1.14 bits per heavy atom. The second kappa shape index (κ2) is 3.62. The van der Waals surface area contributed by atoms with Gasteiger partial charge < -0.3 is 0 Å². The lowest BCUT2D eigenvalue weighted by molar-refractivity contribution is 0.273. The summed E-state index contributed by atoms with van der Waals surface area (Å²) in [4.78, 5) is 0. The van der Waals surface area contributed by atoms with E-state index in [0.717, 1.165) is 11.1 Å². The lowest BCUT2D eigenvalue weighted by atomic mass is 9.82. The first kappa shape index (κ1) is 11.1. The van der Waals surface area contributed by atoms with Crippen molar-refractivity contribution in [2.75, 3.05) is 5.48 Å². The molecule has 1 radical (unpaired) electrons. The van der Waals surface area contributed by atoms with Gasteiger partial charge in [-0.05, 0) is 42.0 Å². The summed E-state index contributed by atoms with van der Waals surface area (Å²) in [7, 11) is 0. The maximum absolute atomic E-state index is 10.9. The molecule has 0 spiro atoms. The van der Waals surface area contributed by atoms with Crippen LogP contribution in [0, 0.1) is 13.8 Å². The summed E-state index contributed by atoms with van der Waals surface area (Å²) in [5.41, 5.74) is 6.15. The van der Waals surface area contributed by atoms with E-state index >= 15 is 0 Å². The third-order valence-corrected chi connectivity index (χ3v) is 2.34. The number of aryl methyl sites for hydroxylation is 2. The molecule has 1 aromatic carbocycles. The van der Waals surface area contributed by atoms with E-state index in [1.54, 1.807) is 0 Å². The average Bonchev–Trinajstić information content (AvgIpc) is 1.99. The maximum Gasteiger partial charge on any atom is 0.0678 e. The number of hydrogen-bond donors (Lipinski definition) is 1. The minimum atomic E-state index is 0.00449.